The molecule has 2 aromatic rings. The molecule has 0 aliphatic rings. The van der Waals surface area contributed by atoms with Crippen molar-refractivity contribution in [1.82, 2.24) is 0 Å². The summed E-state index contributed by atoms with van der Waals surface area (Å²) in [5.41, 5.74) is 7.27. The van der Waals surface area contributed by atoms with E-state index in [0.717, 1.165) is 0 Å². The molecule has 0 fully saturated rings. The zero-order valence-electron chi connectivity index (χ0n) is 10.9. The van der Waals surface area contributed by atoms with Crippen molar-refractivity contribution in [2.24, 2.45) is 0 Å². The van der Waals surface area contributed by atoms with E-state index in [4.69, 9.17) is 11.0 Å². The Balaban J connectivity index is 2.22. The number of hydrogen-bond donors (Lipinski definition) is 2. The van der Waals surface area contributed by atoms with E-state index in [-0.39, 0.29) is 17.0 Å². The number of nitrogens with zero attached hydrogens (tertiary/aromatic N) is 1. The Morgan fingerprint density at radius 2 is 1.86 bits per heavy atom. The summed E-state index contributed by atoms with van der Waals surface area (Å²) in [7, 11) is -3.60. The number of hydrogen-bond acceptors (Lipinski definition) is 4. The Kier molecular flexibility index (Phi) is 4.50. The number of sulfonamides is 1. The van der Waals surface area contributed by atoms with E-state index in [1.807, 2.05) is 6.07 Å². The van der Waals surface area contributed by atoms with Gasteiger partial charge in [0, 0.05) is 10.2 Å². The summed E-state index contributed by atoms with van der Waals surface area (Å²) in [6.07, 6.45) is 0. The van der Waals surface area contributed by atoms with Crippen molar-refractivity contribution >= 4 is 37.3 Å². The lowest BCUT2D eigenvalue weighted by atomic mass is 10.2. The number of nitriles is 1. The Morgan fingerprint density at radius 3 is 2.48 bits per heavy atom. The van der Waals surface area contributed by atoms with Gasteiger partial charge in [-0.3, -0.25) is 4.72 Å². The molecule has 0 unspecified atom stereocenters. The van der Waals surface area contributed by atoms with Gasteiger partial charge in [-0.15, -0.1) is 0 Å². The van der Waals surface area contributed by atoms with Gasteiger partial charge in [-0.25, -0.2) is 8.42 Å². The highest BCUT2D eigenvalue weighted by Crippen LogP contribution is 2.22. The highest BCUT2D eigenvalue weighted by Gasteiger charge is 2.14. The normalized spacial score (nSPS) is 10.9. The number of benzene rings is 2. The van der Waals surface area contributed by atoms with E-state index in [2.05, 4.69) is 20.7 Å². The van der Waals surface area contributed by atoms with E-state index >= 15 is 0 Å². The molecule has 21 heavy (non-hydrogen) atoms. The van der Waals surface area contributed by atoms with Crippen LogP contribution in [0.5, 0.6) is 0 Å². The quantitative estimate of drug-likeness (QED) is 0.814. The highest BCUT2D eigenvalue weighted by molar-refractivity contribution is 9.10. The van der Waals surface area contributed by atoms with Crippen molar-refractivity contribution in [3.05, 3.63) is 58.1 Å². The largest absolute Gasteiger partial charge is 0.399 e. The average Bonchev–Trinajstić information content (AvgIpc) is 2.43. The van der Waals surface area contributed by atoms with Crippen LogP contribution in [-0.2, 0) is 15.8 Å². The zero-order chi connectivity index (χ0) is 15.5. The maximum atomic E-state index is 12.1. The van der Waals surface area contributed by atoms with Gasteiger partial charge < -0.3 is 5.73 Å². The fourth-order valence-corrected chi connectivity index (χ4v) is 3.31. The van der Waals surface area contributed by atoms with Crippen LogP contribution in [0.4, 0.5) is 11.4 Å². The molecule has 0 saturated heterocycles. The van der Waals surface area contributed by atoms with Gasteiger partial charge in [-0.05, 0) is 35.9 Å². The van der Waals surface area contributed by atoms with Crippen molar-refractivity contribution in [2.75, 3.05) is 10.5 Å². The molecule has 0 aliphatic carbocycles. The average molecular weight is 366 g/mol. The number of nitrogens with two attached hydrogens (primary N) is 1. The van der Waals surface area contributed by atoms with E-state index in [0.29, 0.717) is 15.7 Å². The molecule has 5 nitrogen and oxygen atoms in total. The van der Waals surface area contributed by atoms with Crippen LogP contribution in [0.15, 0.2) is 46.9 Å². The molecule has 0 amide bonds. The van der Waals surface area contributed by atoms with Gasteiger partial charge in [0.05, 0.1) is 17.0 Å². The molecule has 2 aromatic carbocycles. The molecule has 0 radical (unpaired) electrons. The number of rotatable bonds is 4. The van der Waals surface area contributed by atoms with Gasteiger partial charge in [0.15, 0.2) is 0 Å². The van der Waals surface area contributed by atoms with Crippen molar-refractivity contribution in [1.29, 1.82) is 5.26 Å². The van der Waals surface area contributed by atoms with Crippen molar-refractivity contribution in [3.8, 4) is 6.07 Å². The first-order chi connectivity index (χ1) is 9.89. The van der Waals surface area contributed by atoms with E-state index < -0.39 is 10.0 Å². The summed E-state index contributed by atoms with van der Waals surface area (Å²) >= 11 is 3.24. The van der Waals surface area contributed by atoms with Crippen molar-refractivity contribution < 1.29 is 8.42 Å². The second-order valence-electron chi connectivity index (χ2n) is 4.40. The number of halogens is 1. The van der Waals surface area contributed by atoms with Gasteiger partial charge in [0.1, 0.15) is 6.07 Å². The molecular weight excluding hydrogens is 354 g/mol. The van der Waals surface area contributed by atoms with Crippen LogP contribution < -0.4 is 10.5 Å². The van der Waals surface area contributed by atoms with E-state index in [1.165, 1.54) is 0 Å². The van der Waals surface area contributed by atoms with Gasteiger partial charge in [0.2, 0.25) is 10.0 Å². The van der Waals surface area contributed by atoms with Crippen LogP contribution >= 0.6 is 15.9 Å². The lowest BCUT2D eigenvalue weighted by Crippen LogP contribution is -2.15. The van der Waals surface area contributed by atoms with Crippen LogP contribution in [-0.4, -0.2) is 8.42 Å². The molecule has 7 heteroatoms. The SMILES string of the molecule is N#Cc1cc(Br)ccc1NS(=O)(=O)Cc1ccc(N)cc1. The third-order valence-electron chi connectivity index (χ3n) is 2.70. The summed E-state index contributed by atoms with van der Waals surface area (Å²) in [6, 6.07) is 13.3. The van der Waals surface area contributed by atoms with Crippen LogP contribution in [0.25, 0.3) is 0 Å². The fourth-order valence-electron chi connectivity index (χ4n) is 1.73. The smallest absolute Gasteiger partial charge is 0.236 e. The second kappa shape index (κ2) is 6.16. The summed E-state index contributed by atoms with van der Waals surface area (Å²) in [6.45, 7) is 0. The topological polar surface area (TPSA) is 96.0 Å². The van der Waals surface area contributed by atoms with Gasteiger partial charge in [-0.2, -0.15) is 5.26 Å². The van der Waals surface area contributed by atoms with Gasteiger partial charge in [0.25, 0.3) is 0 Å². The third-order valence-corrected chi connectivity index (χ3v) is 4.44. The van der Waals surface area contributed by atoms with Crippen molar-refractivity contribution in [3.63, 3.8) is 0 Å². The van der Waals surface area contributed by atoms with Gasteiger partial charge in [-0.1, -0.05) is 28.1 Å². The van der Waals surface area contributed by atoms with Crippen LogP contribution in [0.2, 0.25) is 0 Å². The van der Waals surface area contributed by atoms with E-state index in [1.54, 1.807) is 42.5 Å². The molecule has 3 N–H and O–H groups in total. The summed E-state index contributed by atoms with van der Waals surface area (Å²) < 4.78 is 27.4. The fraction of sp³-hybridized carbons (Fsp3) is 0.0714. The number of anilines is 2. The second-order valence-corrected chi connectivity index (χ2v) is 7.04. The number of nitrogens with one attached hydrogen (secondary N) is 1. The first-order valence-electron chi connectivity index (χ1n) is 5.94. The molecule has 0 aromatic heterocycles. The Bertz CT molecular complexity index is 796. The van der Waals surface area contributed by atoms with Gasteiger partial charge >= 0.3 is 0 Å². The number of nitrogen functional groups attached to an aromatic ring is 1. The monoisotopic (exact) mass is 365 g/mol. The Labute approximate surface area is 131 Å². The molecular formula is C14H12BrN3O2S. The molecule has 2 rings (SSSR count). The molecule has 0 heterocycles. The molecule has 0 bridgehead atoms. The summed E-state index contributed by atoms with van der Waals surface area (Å²) in [5, 5.41) is 9.04. The summed E-state index contributed by atoms with van der Waals surface area (Å²) in [5.74, 6) is -0.186. The minimum Gasteiger partial charge on any atom is -0.399 e. The Hall–Kier alpha value is -2.04. The van der Waals surface area contributed by atoms with Crippen molar-refractivity contribution in [2.45, 2.75) is 5.75 Å². The van der Waals surface area contributed by atoms with E-state index in [9.17, 15) is 8.42 Å². The zero-order valence-corrected chi connectivity index (χ0v) is 13.3. The van der Waals surface area contributed by atoms with Crippen LogP contribution in [0.3, 0.4) is 0 Å². The standard InChI is InChI=1S/C14H12BrN3O2S/c15-12-3-6-14(11(7-12)8-16)18-21(19,20)9-10-1-4-13(17)5-2-10/h1-7,18H,9,17H2. The lowest BCUT2D eigenvalue weighted by molar-refractivity contribution is 0.600. The molecule has 0 aliphatic heterocycles. The summed E-state index contributed by atoms with van der Waals surface area (Å²) in [4.78, 5) is 0. The maximum absolute atomic E-state index is 12.1. The lowest BCUT2D eigenvalue weighted by Gasteiger charge is -2.10. The molecule has 0 atom stereocenters. The molecule has 0 spiro atoms. The predicted molar refractivity (Wildman–Crippen MR) is 86.0 cm³/mol. The molecule has 108 valence electrons. The molecule has 0 saturated carbocycles. The highest BCUT2D eigenvalue weighted by atomic mass is 79.9. The maximum Gasteiger partial charge on any atom is 0.236 e. The van der Waals surface area contributed by atoms with Crippen LogP contribution in [0, 0.1) is 11.3 Å². The minimum absolute atomic E-state index is 0.186. The third kappa shape index (κ3) is 4.21. The first kappa shape index (κ1) is 15.4. The predicted octanol–water partition coefficient (Wildman–Crippen LogP) is 2.84. The first-order valence-corrected chi connectivity index (χ1v) is 8.39. The van der Waals surface area contributed by atoms with Crippen LogP contribution in [0.1, 0.15) is 11.1 Å². The Morgan fingerprint density at radius 1 is 1.19 bits per heavy atom. The minimum atomic E-state index is -3.60.